The van der Waals surface area contributed by atoms with Crippen LogP contribution < -0.4 is 4.74 Å². The van der Waals surface area contributed by atoms with Gasteiger partial charge in [-0.25, -0.2) is 0 Å². The molecular formula is C20H26N2O4. The van der Waals surface area contributed by atoms with Crippen LogP contribution in [0.5, 0.6) is 5.75 Å². The van der Waals surface area contributed by atoms with Crippen LogP contribution in [0.25, 0.3) is 0 Å². The Bertz CT molecular complexity index is 758. The zero-order valence-electron chi connectivity index (χ0n) is 15.7. The van der Waals surface area contributed by atoms with Gasteiger partial charge in [-0.05, 0) is 44.0 Å². The van der Waals surface area contributed by atoms with Crippen molar-refractivity contribution in [3.05, 3.63) is 41.5 Å². The number of ether oxygens (including phenoxy) is 1. The van der Waals surface area contributed by atoms with Gasteiger partial charge in [0.25, 0.3) is 0 Å². The molecule has 1 N–H and O–H groups in total. The van der Waals surface area contributed by atoms with Crippen LogP contribution in [-0.4, -0.2) is 48.0 Å². The van der Waals surface area contributed by atoms with E-state index in [1.165, 1.54) is 14.0 Å². The van der Waals surface area contributed by atoms with E-state index in [-0.39, 0.29) is 12.0 Å². The van der Waals surface area contributed by atoms with Gasteiger partial charge in [-0.15, -0.1) is 0 Å². The molecule has 3 unspecified atom stereocenters. The van der Waals surface area contributed by atoms with Crippen molar-refractivity contribution in [3.8, 4) is 5.75 Å². The molecule has 6 nitrogen and oxygen atoms in total. The SMILES string of the molecule is CCC(=NOC)C1=CCC2CC(O)C1(c1cccc(OC(C)=O)c1)N2C. The number of hydrogen-bond donors (Lipinski definition) is 1. The number of benzene rings is 1. The summed E-state index contributed by atoms with van der Waals surface area (Å²) in [6, 6.07) is 7.65. The molecule has 2 aliphatic rings. The Morgan fingerprint density at radius 1 is 1.46 bits per heavy atom. The number of fused-ring (bicyclic) bond motifs is 2. The second kappa shape index (κ2) is 7.21. The summed E-state index contributed by atoms with van der Waals surface area (Å²) in [6.45, 7) is 3.40. The van der Waals surface area contributed by atoms with Crippen molar-refractivity contribution in [1.29, 1.82) is 0 Å². The van der Waals surface area contributed by atoms with Gasteiger partial charge in [0, 0.05) is 18.5 Å². The summed E-state index contributed by atoms with van der Waals surface area (Å²) >= 11 is 0. The minimum atomic E-state index is -0.730. The fourth-order valence-electron chi connectivity index (χ4n) is 4.41. The quantitative estimate of drug-likeness (QED) is 0.379. The minimum absolute atomic E-state index is 0.256. The Morgan fingerprint density at radius 3 is 2.88 bits per heavy atom. The predicted octanol–water partition coefficient (Wildman–Crippen LogP) is 2.61. The molecule has 1 fully saturated rings. The maximum absolute atomic E-state index is 11.4. The number of oxime groups is 1. The van der Waals surface area contributed by atoms with Gasteiger partial charge in [-0.3, -0.25) is 9.69 Å². The highest BCUT2D eigenvalue weighted by atomic mass is 16.6. The molecule has 1 aromatic rings. The highest BCUT2D eigenvalue weighted by Crippen LogP contribution is 2.51. The van der Waals surface area contributed by atoms with Crippen LogP contribution in [0.2, 0.25) is 0 Å². The first-order valence-corrected chi connectivity index (χ1v) is 8.96. The molecule has 2 heterocycles. The smallest absolute Gasteiger partial charge is 0.308 e. The number of nitrogens with zero attached hydrogens (tertiary/aromatic N) is 2. The highest BCUT2D eigenvalue weighted by molar-refractivity contribution is 6.02. The van der Waals surface area contributed by atoms with E-state index in [0.29, 0.717) is 18.6 Å². The standard InChI is InChI=1S/C20H26N2O4/c1-5-18(21-25-4)17-10-9-15-12-19(24)20(17,22(15)3)14-7-6-8-16(11-14)26-13(2)23/h6-8,10-11,15,19,24H,5,9,12H2,1-4H3. The lowest BCUT2D eigenvalue weighted by Gasteiger charge is -2.45. The average Bonchev–Trinajstić information content (AvgIpc) is 2.75. The van der Waals surface area contributed by atoms with Crippen LogP contribution in [0, 0.1) is 0 Å². The van der Waals surface area contributed by atoms with E-state index < -0.39 is 11.6 Å². The van der Waals surface area contributed by atoms with E-state index in [9.17, 15) is 9.90 Å². The van der Waals surface area contributed by atoms with Crippen LogP contribution in [-0.2, 0) is 15.2 Å². The zero-order valence-corrected chi connectivity index (χ0v) is 15.7. The molecule has 6 heteroatoms. The highest BCUT2D eigenvalue weighted by Gasteiger charge is 2.57. The molecule has 26 heavy (non-hydrogen) atoms. The number of rotatable bonds is 5. The summed E-state index contributed by atoms with van der Waals surface area (Å²) < 4.78 is 5.28. The number of aliphatic hydroxyl groups excluding tert-OH is 1. The third kappa shape index (κ3) is 2.83. The van der Waals surface area contributed by atoms with E-state index in [1.807, 2.05) is 32.2 Å². The molecule has 3 atom stereocenters. The van der Waals surface area contributed by atoms with Crippen molar-refractivity contribution in [2.24, 2.45) is 5.16 Å². The molecule has 1 saturated heterocycles. The van der Waals surface area contributed by atoms with Crippen LogP contribution in [0.1, 0.15) is 38.7 Å². The van der Waals surface area contributed by atoms with E-state index >= 15 is 0 Å². The lowest BCUT2D eigenvalue weighted by Crippen LogP contribution is -2.52. The van der Waals surface area contributed by atoms with Gasteiger partial charge in [-0.1, -0.05) is 30.3 Å². The van der Waals surface area contributed by atoms with Crippen molar-refractivity contribution < 1.29 is 19.5 Å². The number of carbonyl (C=O) groups is 1. The molecule has 0 saturated carbocycles. The number of carbonyl (C=O) groups excluding carboxylic acids is 1. The molecule has 1 aromatic carbocycles. The van der Waals surface area contributed by atoms with Crippen LogP contribution in [0.4, 0.5) is 0 Å². The Hall–Kier alpha value is -2.18. The second-order valence-corrected chi connectivity index (χ2v) is 6.83. The fraction of sp³-hybridized carbons (Fsp3) is 0.500. The topological polar surface area (TPSA) is 71.4 Å². The first kappa shape index (κ1) is 18.6. The molecule has 2 bridgehead atoms. The summed E-state index contributed by atoms with van der Waals surface area (Å²) in [5.74, 6) is 0.104. The first-order valence-electron chi connectivity index (χ1n) is 8.96. The summed E-state index contributed by atoms with van der Waals surface area (Å²) in [5, 5.41) is 15.4. The summed E-state index contributed by atoms with van der Waals surface area (Å²) in [6.07, 6.45) is 3.80. The Balaban J connectivity index is 2.18. The average molecular weight is 358 g/mol. The summed E-state index contributed by atoms with van der Waals surface area (Å²) in [4.78, 5) is 18.6. The van der Waals surface area contributed by atoms with Gasteiger partial charge in [0.1, 0.15) is 12.9 Å². The Morgan fingerprint density at radius 2 is 2.23 bits per heavy atom. The number of aliphatic hydroxyl groups is 1. The molecule has 0 aromatic heterocycles. The van der Waals surface area contributed by atoms with Gasteiger partial charge in [0.05, 0.1) is 17.4 Å². The van der Waals surface area contributed by atoms with Gasteiger partial charge >= 0.3 is 5.97 Å². The van der Waals surface area contributed by atoms with Gasteiger partial charge in [0.2, 0.25) is 0 Å². The second-order valence-electron chi connectivity index (χ2n) is 6.83. The lowest BCUT2D eigenvalue weighted by atomic mass is 9.75. The molecule has 140 valence electrons. The zero-order chi connectivity index (χ0) is 18.9. The summed E-state index contributed by atoms with van der Waals surface area (Å²) in [5.41, 5.74) is 1.94. The van der Waals surface area contributed by atoms with Crippen LogP contribution in [0.3, 0.4) is 0 Å². The van der Waals surface area contributed by atoms with E-state index in [4.69, 9.17) is 9.57 Å². The third-order valence-electron chi connectivity index (χ3n) is 5.47. The normalized spacial score (nSPS) is 28.7. The van der Waals surface area contributed by atoms with E-state index in [2.05, 4.69) is 16.1 Å². The van der Waals surface area contributed by atoms with Gasteiger partial charge < -0.3 is 14.7 Å². The fourth-order valence-corrected chi connectivity index (χ4v) is 4.41. The van der Waals surface area contributed by atoms with Crippen molar-refractivity contribution in [1.82, 2.24) is 4.90 Å². The van der Waals surface area contributed by atoms with Gasteiger partial charge in [-0.2, -0.15) is 0 Å². The van der Waals surface area contributed by atoms with Crippen molar-refractivity contribution >= 4 is 11.7 Å². The molecule has 0 aliphatic carbocycles. The largest absolute Gasteiger partial charge is 0.427 e. The maximum atomic E-state index is 11.4. The molecule has 0 spiro atoms. The third-order valence-corrected chi connectivity index (χ3v) is 5.47. The van der Waals surface area contributed by atoms with E-state index in [1.54, 1.807) is 6.07 Å². The lowest BCUT2D eigenvalue weighted by molar-refractivity contribution is -0.131. The van der Waals surface area contributed by atoms with Crippen molar-refractivity contribution in [3.63, 3.8) is 0 Å². The monoisotopic (exact) mass is 358 g/mol. The van der Waals surface area contributed by atoms with E-state index in [0.717, 1.165) is 23.3 Å². The molecule has 3 rings (SSSR count). The molecular weight excluding hydrogens is 332 g/mol. The van der Waals surface area contributed by atoms with Crippen LogP contribution in [0.15, 0.2) is 41.1 Å². The number of likely N-dealkylation sites (N-methyl/N-ethyl adjacent to an activating group) is 1. The van der Waals surface area contributed by atoms with Gasteiger partial charge in [0.15, 0.2) is 0 Å². The first-order chi connectivity index (χ1) is 12.4. The number of hydrogen-bond acceptors (Lipinski definition) is 6. The van der Waals surface area contributed by atoms with Crippen molar-refractivity contribution in [2.45, 2.75) is 50.8 Å². The number of esters is 1. The Labute approximate surface area is 154 Å². The Kier molecular flexibility index (Phi) is 5.16. The molecule has 0 radical (unpaired) electrons. The maximum Gasteiger partial charge on any atom is 0.308 e. The molecule has 0 amide bonds. The van der Waals surface area contributed by atoms with Crippen molar-refractivity contribution in [2.75, 3.05) is 14.2 Å². The predicted molar refractivity (Wildman–Crippen MR) is 99.0 cm³/mol. The summed E-state index contributed by atoms with van der Waals surface area (Å²) in [7, 11) is 3.57. The molecule has 2 aliphatic heterocycles. The van der Waals surface area contributed by atoms with Crippen LogP contribution >= 0.6 is 0 Å². The minimum Gasteiger partial charge on any atom is -0.427 e.